The molecule has 3 N–H and O–H groups in total. The number of phosphoric acid groups is 2. The molecule has 9 nitrogen and oxygen atoms in total. The van der Waals surface area contributed by atoms with E-state index in [0.717, 1.165) is 0 Å². The van der Waals surface area contributed by atoms with Crippen LogP contribution in [-0.2, 0) is 18.2 Å². The summed E-state index contributed by atoms with van der Waals surface area (Å²) in [5, 5.41) is 8.78. The summed E-state index contributed by atoms with van der Waals surface area (Å²) in [4.78, 5) is 36.1. The average molecular weight is 296 g/mol. The van der Waals surface area contributed by atoms with E-state index in [2.05, 4.69) is 9.05 Å². The van der Waals surface area contributed by atoms with Crippen molar-refractivity contribution in [2.45, 2.75) is 6.10 Å². The second-order valence-electron chi connectivity index (χ2n) is 2.18. The van der Waals surface area contributed by atoms with Crippen molar-refractivity contribution in [3.63, 3.8) is 0 Å². The molecule has 16 heavy (non-hydrogen) atoms. The minimum atomic E-state index is -4.96. The molecular weight excluding hydrogens is 288 g/mol. The zero-order valence-electron chi connectivity index (χ0n) is 8.68. The molecule has 0 saturated carbocycles. The summed E-state index contributed by atoms with van der Waals surface area (Å²) in [5.41, 5.74) is 0. The first-order chi connectivity index (χ1) is 6.10. The van der Waals surface area contributed by atoms with Gasteiger partial charge in [0.15, 0.2) is 0 Å². The van der Waals surface area contributed by atoms with Crippen LogP contribution in [0.5, 0.6) is 0 Å². The van der Waals surface area contributed by atoms with Gasteiger partial charge in [-0.2, -0.15) is 0 Å². The largest absolute Gasteiger partial charge is 1.00 e. The Hall–Kier alpha value is 2.18. The number of phosphoric ester groups is 2. The van der Waals surface area contributed by atoms with E-state index in [1.54, 1.807) is 0 Å². The predicted molar refractivity (Wildman–Crippen MR) is 37.6 cm³/mol. The Bertz CT molecular complexity index is 233. The summed E-state index contributed by atoms with van der Waals surface area (Å²) in [6.45, 7) is -1.76. The summed E-state index contributed by atoms with van der Waals surface area (Å²) < 4.78 is 27.4. The van der Waals surface area contributed by atoms with Crippen molar-refractivity contribution < 1.29 is 102 Å². The van der Waals surface area contributed by atoms with Crippen LogP contribution >= 0.6 is 15.6 Å². The van der Waals surface area contributed by atoms with Gasteiger partial charge in [-0.1, -0.05) is 0 Å². The Balaban J connectivity index is -0.000000845. The number of aliphatic hydroxyl groups is 1. The predicted octanol–water partition coefficient (Wildman–Crippen LogP) is -8.69. The molecule has 0 aliphatic heterocycles. The van der Waals surface area contributed by atoms with E-state index < -0.39 is 35.0 Å². The Labute approximate surface area is 136 Å². The normalized spacial score (nSPS) is 19.6. The fourth-order valence-electron chi connectivity index (χ4n) is 0.409. The molecule has 0 aromatic rings. The van der Waals surface area contributed by atoms with Gasteiger partial charge in [0.25, 0.3) is 15.6 Å². The van der Waals surface area contributed by atoms with Gasteiger partial charge in [-0.15, -0.1) is 0 Å². The van der Waals surface area contributed by atoms with E-state index >= 15 is 0 Å². The minimum absolute atomic E-state index is 0. The summed E-state index contributed by atoms with van der Waals surface area (Å²) in [5.74, 6) is 0. The number of aliphatic hydroxyl groups excluding tert-OH is 1. The van der Waals surface area contributed by atoms with Crippen LogP contribution in [0.25, 0.3) is 0 Å². The van der Waals surface area contributed by atoms with Crippen LogP contribution in [0.1, 0.15) is 0 Å². The first kappa shape index (κ1) is 23.3. The van der Waals surface area contributed by atoms with Crippen LogP contribution in [-0.4, -0.2) is 34.2 Å². The van der Waals surface area contributed by atoms with Crippen molar-refractivity contribution in [1.29, 1.82) is 0 Å². The summed E-state index contributed by atoms with van der Waals surface area (Å²) in [6.07, 6.45) is -1.61. The third kappa shape index (κ3) is 18.5. The average Bonchev–Trinajstić information content (AvgIpc) is 1.94. The van der Waals surface area contributed by atoms with Crippen LogP contribution in [0.15, 0.2) is 0 Å². The monoisotopic (exact) mass is 296 g/mol. The van der Waals surface area contributed by atoms with Crippen molar-refractivity contribution in [2.75, 3.05) is 13.2 Å². The van der Waals surface area contributed by atoms with E-state index in [-0.39, 0.29) is 59.1 Å². The van der Waals surface area contributed by atoms with Crippen molar-refractivity contribution in [2.24, 2.45) is 0 Å². The molecule has 0 aromatic heterocycles. The van der Waals surface area contributed by atoms with Crippen molar-refractivity contribution in [3.05, 3.63) is 0 Å². The van der Waals surface area contributed by atoms with Crippen molar-refractivity contribution in [3.8, 4) is 0 Å². The van der Waals surface area contributed by atoms with E-state index in [4.69, 9.17) is 14.9 Å². The molecule has 0 rings (SSSR count). The third-order valence-corrected chi connectivity index (χ3v) is 1.81. The van der Waals surface area contributed by atoms with Gasteiger partial charge in [0, 0.05) is 0 Å². The van der Waals surface area contributed by atoms with Crippen LogP contribution in [0.4, 0.5) is 0 Å². The number of rotatable bonds is 6. The van der Waals surface area contributed by atoms with Crippen LogP contribution in [0, 0.1) is 0 Å². The quantitative estimate of drug-likeness (QED) is 0.319. The van der Waals surface area contributed by atoms with Gasteiger partial charge in [-0.25, -0.2) is 0 Å². The topological polar surface area (TPSA) is 159 Å². The Morgan fingerprint density at radius 3 is 1.44 bits per heavy atom. The van der Waals surface area contributed by atoms with Crippen molar-refractivity contribution >= 4 is 15.6 Å². The molecule has 13 heteroatoms. The van der Waals surface area contributed by atoms with Crippen LogP contribution in [0.2, 0.25) is 0 Å². The molecule has 0 aliphatic carbocycles. The second kappa shape index (κ2) is 10.0. The van der Waals surface area contributed by atoms with Gasteiger partial charge in [-0.3, -0.25) is 9.13 Å². The molecule has 0 radical (unpaired) electrons. The molecule has 2 atom stereocenters. The third-order valence-electron chi connectivity index (χ3n) is 0.860. The standard InChI is InChI=1S/C3H10O9P2.2Na/c4-3(1-11-13(5,6)7)2-12-14(8,9)10;;/h3-4H,1-2H2,(H2,5,6,7)(H2,8,9,10);;/q;2*+1/p-2. The maximum Gasteiger partial charge on any atom is 1.00 e. The molecular formula is C3H8Na2O9P2. The minimum Gasteiger partial charge on any atom is -0.756 e. The fraction of sp³-hybridized carbons (Fsp3) is 1.00. The molecule has 86 valence electrons. The maximum atomic E-state index is 9.98. The summed E-state index contributed by atoms with van der Waals surface area (Å²) in [6, 6.07) is 0. The summed E-state index contributed by atoms with van der Waals surface area (Å²) in [7, 11) is -9.92. The molecule has 0 fully saturated rings. The molecule has 0 aliphatic rings. The van der Waals surface area contributed by atoms with E-state index in [0.29, 0.717) is 0 Å². The van der Waals surface area contributed by atoms with Gasteiger partial charge < -0.3 is 33.7 Å². The van der Waals surface area contributed by atoms with Gasteiger partial charge in [-0.05, 0) is 0 Å². The van der Waals surface area contributed by atoms with Gasteiger partial charge >= 0.3 is 59.1 Å². The molecule has 0 bridgehead atoms. The fourth-order valence-corrected chi connectivity index (χ4v) is 1.13. The summed E-state index contributed by atoms with van der Waals surface area (Å²) >= 11 is 0. The SMILES string of the molecule is O=P([O-])(O)OCC(O)COP(=O)([O-])O.[Na+].[Na+]. The Morgan fingerprint density at radius 1 is 1.00 bits per heavy atom. The first-order valence-electron chi connectivity index (χ1n) is 3.15. The van der Waals surface area contributed by atoms with E-state index in [9.17, 15) is 18.9 Å². The van der Waals surface area contributed by atoms with E-state index in [1.807, 2.05) is 0 Å². The molecule has 0 amide bonds. The maximum absolute atomic E-state index is 9.98. The second-order valence-corrected chi connectivity index (χ2v) is 4.57. The Morgan fingerprint density at radius 2 is 1.25 bits per heavy atom. The zero-order chi connectivity index (χ0) is 11.4. The van der Waals surface area contributed by atoms with Crippen molar-refractivity contribution in [1.82, 2.24) is 0 Å². The molecule has 0 aromatic carbocycles. The molecule has 2 unspecified atom stereocenters. The van der Waals surface area contributed by atoms with Crippen LogP contribution in [0.3, 0.4) is 0 Å². The van der Waals surface area contributed by atoms with E-state index in [1.165, 1.54) is 0 Å². The smallest absolute Gasteiger partial charge is 0.756 e. The number of hydrogen-bond acceptors (Lipinski definition) is 7. The van der Waals surface area contributed by atoms with Gasteiger partial charge in [0.1, 0.15) is 6.10 Å². The zero-order valence-corrected chi connectivity index (χ0v) is 14.5. The van der Waals surface area contributed by atoms with Gasteiger partial charge in [0.05, 0.1) is 13.2 Å². The Kier molecular flexibility index (Phi) is 14.6. The molecule has 0 spiro atoms. The molecule has 0 heterocycles. The first-order valence-corrected chi connectivity index (χ1v) is 6.14. The number of hydrogen-bond donors (Lipinski definition) is 3. The molecule has 0 saturated heterocycles. The van der Waals surface area contributed by atoms with Crippen LogP contribution < -0.4 is 68.9 Å². The van der Waals surface area contributed by atoms with Gasteiger partial charge in [0.2, 0.25) is 0 Å².